The summed E-state index contributed by atoms with van der Waals surface area (Å²) in [5, 5.41) is 12.8. The van der Waals surface area contributed by atoms with Gasteiger partial charge in [-0.05, 0) is 50.9 Å². The van der Waals surface area contributed by atoms with E-state index in [9.17, 15) is 9.90 Å². The summed E-state index contributed by atoms with van der Waals surface area (Å²) >= 11 is 3.34. The van der Waals surface area contributed by atoms with Crippen LogP contribution >= 0.6 is 15.9 Å². The third-order valence-corrected chi connectivity index (χ3v) is 5.40. The van der Waals surface area contributed by atoms with Crippen molar-refractivity contribution in [1.82, 2.24) is 4.90 Å². The molecule has 0 aromatic heterocycles. The van der Waals surface area contributed by atoms with Gasteiger partial charge in [-0.1, -0.05) is 22.4 Å². The first-order valence-electron chi connectivity index (χ1n) is 7.56. The van der Waals surface area contributed by atoms with E-state index in [1.54, 1.807) is 6.07 Å². The molecule has 2 fully saturated rings. The lowest BCUT2D eigenvalue weighted by Crippen LogP contribution is -2.52. The molecule has 3 rings (SSSR count). The second kappa shape index (κ2) is 5.97. The average molecular weight is 353 g/mol. The number of nitrogens with zero attached hydrogens (tertiary/aromatic N) is 1. The molecule has 21 heavy (non-hydrogen) atoms. The monoisotopic (exact) mass is 352 g/mol. The number of carboxylic acid groups (broad SMARTS) is 1. The molecule has 2 unspecified atom stereocenters. The van der Waals surface area contributed by atoms with E-state index in [1.807, 2.05) is 12.1 Å². The van der Waals surface area contributed by atoms with Crippen molar-refractivity contribution in [3.05, 3.63) is 28.2 Å². The zero-order chi connectivity index (χ0) is 15.0. The summed E-state index contributed by atoms with van der Waals surface area (Å²) in [5.74, 6) is -0.882. The van der Waals surface area contributed by atoms with Crippen molar-refractivity contribution in [2.45, 2.75) is 50.2 Å². The van der Waals surface area contributed by atoms with Gasteiger partial charge in [0, 0.05) is 28.3 Å². The Bertz CT molecular complexity index is 535. The van der Waals surface area contributed by atoms with Gasteiger partial charge in [0.15, 0.2) is 0 Å². The summed E-state index contributed by atoms with van der Waals surface area (Å²) in [6.45, 7) is 0. The number of anilines is 1. The number of carbonyl (C=O) groups is 1. The number of hydrogen-bond acceptors (Lipinski definition) is 3. The van der Waals surface area contributed by atoms with Crippen LogP contribution in [0, 0.1) is 0 Å². The Morgan fingerprint density at radius 2 is 2.00 bits per heavy atom. The second-order valence-electron chi connectivity index (χ2n) is 6.21. The molecule has 2 heterocycles. The highest BCUT2D eigenvalue weighted by atomic mass is 79.9. The summed E-state index contributed by atoms with van der Waals surface area (Å²) in [5.41, 5.74) is 1.08. The van der Waals surface area contributed by atoms with Gasteiger partial charge in [0.1, 0.15) is 0 Å². The Morgan fingerprint density at radius 3 is 2.62 bits per heavy atom. The number of hydrogen-bond donors (Lipinski definition) is 2. The van der Waals surface area contributed by atoms with E-state index in [0.717, 1.165) is 23.0 Å². The number of fused-ring (bicyclic) bond motifs is 2. The van der Waals surface area contributed by atoms with Crippen molar-refractivity contribution in [2.24, 2.45) is 0 Å². The number of aromatic carboxylic acids is 1. The fourth-order valence-electron chi connectivity index (χ4n) is 3.77. The number of piperidine rings is 2. The molecule has 2 aliphatic heterocycles. The maximum Gasteiger partial charge on any atom is 0.337 e. The molecular weight excluding hydrogens is 332 g/mol. The number of rotatable bonds is 3. The number of benzene rings is 1. The molecular formula is C16H21BrN2O2. The van der Waals surface area contributed by atoms with Crippen molar-refractivity contribution in [1.29, 1.82) is 0 Å². The minimum Gasteiger partial charge on any atom is -0.478 e. The van der Waals surface area contributed by atoms with E-state index in [1.165, 1.54) is 19.3 Å². The molecule has 1 aromatic carbocycles. The smallest absolute Gasteiger partial charge is 0.337 e. The predicted molar refractivity (Wildman–Crippen MR) is 86.9 cm³/mol. The van der Waals surface area contributed by atoms with E-state index in [0.29, 0.717) is 23.7 Å². The molecule has 2 atom stereocenters. The SMILES string of the molecule is CN1C2CCCC1CC(Nc1ccc(Br)cc1C(=O)O)C2. The van der Waals surface area contributed by atoms with E-state index < -0.39 is 5.97 Å². The van der Waals surface area contributed by atoms with Crippen molar-refractivity contribution >= 4 is 27.6 Å². The van der Waals surface area contributed by atoms with Gasteiger partial charge >= 0.3 is 5.97 Å². The average Bonchev–Trinajstić information content (AvgIpc) is 2.41. The van der Waals surface area contributed by atoms with Crippen LogP contribution in [0.5, 0.6) is 0 Å². The summed E-state index contributed by atoms with van der Waals surface area (Å²) < 4.78 is 0.797. The number of carboxylic acids is 1. The van der Waals surface area contributed by atoms with E-state index >= 15 is 0 Å². The zero-order valence-electron chi connectivity index (χ0n) is 12.2. The maximum absolute atomic E-state index is 11.4. The van der Waals surface area contributed by atoms with Gasteiger partial charge in [-0.15, -0.1) is 0 Å². The Labute approximate surface area is 133 Å². The molecule has 0 aliphatic carbocycles. The van der Waals surface area contributed by atoms with Crippen LogP contribution in [-0.4, -0.2) is 41.1 Å². The fraction of sp³-hybridized carbons (Fsp3) is 0.562. The highest BCUT2D eigenvalue weighted by Crippen LogP contribution is 2.34. The fourth-order valence-corrected chi connectivity index (χ4v) is 4.13. The first-order chi connectivity index (χ1) is 10.0. The summed E-state index contributed by atoms with van der Waals surface area (Å²) in [7, 11) is 2.23. The zero-order valence-corrected chi connectivity index (χ0v) is 13.8. The van der Waals surface area contributed by atoms with Crippen LogP contribution in [0.3, 0.4) is 0 Å². The molecule has 0 radical (unpaired) electrons. The lowest BCUT2D eigenvalue weighted by Gasteiger charge is -2.47. The van der Waals surface area contributed by atoms with Crippen LogP contribution in [0.4, 0.5) is 5.69 Å². The summed E-state index contributed by atoms with van der Waals surface area (Å²) in [6, 6.07) is 7.07. The van der Waals surface area contributed by atoms with Crippen molar-refractivity contribution < 1.29 is 9.90 Å². The van der Waals surface area contributed by atoms with Crippen molar-refractivity contribution in [2.75, 3.05) is 12.4 Å². The highest BCUT2D eigenvalue weighted by molar-refractivity contribution is 9.10. The standard InChI is InChI=1S/C16H21BrN2O2/c1-19-12-3-2-4-13(19)9-11(8-12)18-15-6-5-10(17)7-14(15)16(20)21/h5-7,11-13,18H,2-4,8-9H2,1H3,(H,20,21). The molecule has 2 N–H and O–H groups in total. The largest absolute Gasteiger partial charge is 0.478 e. The van der Waals surface area contributed by atoms with Gasteiger partial charge in [0.2, 0.25) is 0 Å². The number of nitrogens with one attached hydrogen (secondary N) is 1. The van der Waals surface area contributed by atoms with Crippen molar-refractivity contribution in [3.8, 4) is 0 Å². The topological polar surface area (TPSA) is 52.6 Å². The molecule has 4 nitrogen and oxygen atoms in total. The van der Waals surface area contributed by atoms with E-state index in [4.69, 9.17) is 0 Å². The van der Waals surface area contributed by atoms with Gasteiger partial charge in [0.25, 0.3) is 0 Å². The molecule has 2 bridgehead atoms. The lowest BCUT2D eigenvalue weighted by atomic mass is 9.82. The second-order valence-corrected chi connectivity index (χ2v) is 7.13. The van der Waals surface area contributed by atoms with Crippen LogP contribution in [0.15, 0.2) is 22.7 Å². The molecule has 0 saturated carbocycles. The van der Waals surface area contributed by atoms with E-state index in [2.05, 4.69) is 33.2 Å². The summed E-state index contributed by atoms with van der Waals surface area (Å²) in [4.78, 5) is 13.9. The molecule has 5 heteroatoms. The Hall–Kier alpha value is -1.07. The van der Waals surface area contributed by atoms with Crippen LogP contribution in [0.25, 0.3) is 0 Å². The summed E-state index contributed by atoms with van der Waals surface area (Å²) in [6.07, 6.45) is 6.05. The predicted octanol–water partition coefficient (Wildman–Crippen LogP) is 3.57. The van der Waals surface area contributed by atoms with Gasteiger partial charge in [-0.2, -0.15) is 0 Å². The first kappa shape index (κ1) is 14.9. The third-order valence-electron chi connectivity index (χ3n) is 4.91. The molecule has 114 valence electrons. The van der Waals surface area contributed by atoms with Crippen LogP contribution in [0.1, 0.15) is 42.5 Å². The van der Waals surface area contributed by atoms with Crippen LogP contribution in [0.2, 0.25) is 0 Å². The Balaban J connectivity index is 1.77. The van der Waals surface area contributed by atoms with Crippen LogP contribution < -0.4 is 5.32 Å². The van der Waals surface area contributed by atoms with Crippen molar-refractivity contribution in [3.63, 3.8) is 0 Å². The Kier molecular flexibility index (Phi) is 4.22. The third kappa shape index (κ3) is 3.09. The quantitative estimate of drug-likeness (QED) is 0.872. The first-order valence-corrected chi connectivity index (χ1v) is 8.35. The number of halogens is 1. The minimum absolute atomic E-state index is 0.341. The lowest BCUT2D eigenvalue weighted by molar-refractivity contribution is 0.0607. The maximum atomic E-state index is 11.4. The molecule has 0 spiro atoms. The van der Waals surface area contributed by atoms with Gasteiger partial charge in [-0.25, -0.2) is 4.79 Å². The molecule has 0 amide bonds. The van der Waals surface area contributed by atoms with Gasteiger partial charge in [-0.3, -0.25) is 0 Å². The molecule has 1 aromatic rings. The van der Waals surface area contributed by atoms with E-state index in [-0.39, 0.29) is 0 Å². The van der Waals surface area contributed by atoms with Crippen LogP contribution in [-0.2, 0) is 0 Å². The molecule has 2 aliphatic rings. The highest BCUT2D eigenvalue weighted by Gasteiger charge is 2.36. The normalized spacial score (nSPS) is 29.1. The Morgan fingerprint density at radius 1 is 1.33 bits per heavy atom. The van der Waals surface area contributed by atoms with Gasteiger partial charge in [0.05, 0.1) is 5.56 Å². The molecule has 2 saturated heterocycles. The van der Waals surface area contributed by atoms with Gasteiger partial charge < -0.3 is 15.3 Å². The minimum atomic E-state index is -0.882.